The van der Waals surface area contributed by atoms with Gasteiger partial charge in [-0.1, -0.05) is 30.3 Å². The molecule has 0 bridgehead atoms. The average Bonchev–Trinajstić information content (AvgIpc) is 2.75. The lowest BCUT2D eigenvalue weighted by Crippen LogP contribution is -2.52. The number of esters is 1. The Bertz CT molecular complexity index is 641. The van der Waals surface area contributed by atoms with Gasteiger partial charge in [0.05, 0.1) is 12.0 Å². The van der Waals surface area contributed by atoms with E-state index in [1.807, 2.05) is 30.0 Å². The van der Waals surface area contributed by atoms with Gasteiger partial charge < -0.3 is 14.4 Å². The molecule has 0 spiro atoms. The predicted octanol–water partition coefficient (Wildman–Crippen LogP) is 3.61. The van der Waals surface area contributed by atoms with Crippen molar-refractivity contribution in [1.29, 1.82) is 0 Å². The molecular weight excluding hydrogens is 354 g/mol. The molecular formula is C23H33NO4. The second-order valence-electron chi connectivity index (χ2n) is 8.09. The van der Waals surface area contributed by atoms with E-state index in [0.717, 1.165) is 51.5 Å². The molecule has 2 aliphatic rings. The summed E-state index contributed by atoms with van der Waals surface area (Å²) < 4.78 is 10.9. The van der Waals surface area contributed by atoms with Gasteiger partial charge in [-0.25, -0.2) is 0 Å². The van der Waals surface area contributed by atoms with Crippen LogP contribution in [0.2, 0.25) is 0 Å². The first-order valence-electron chi connectivity index (χ1n) is 10.7. The van der Waals surface area contributed by atoms with E-state index in [2.05, 4.69) is 12.1 Å². The highest BCUT2D eigenvalue weighted by Gasteiger charge is 2.45. The predicted molar refractivity (Wildman–Crippen MR) is 108 cm³/mol. The average molecular weight is 388 g/mol. The first-order chi connectivity index (χ1) is 13.6. The van der Waals surface area contributed by atoms with Gasteiger partial charge in [-0.3, -0.25) is 9.59 Å². The standard InChI is InChI=1S/C23H33NO4/c1-2-28-22(26)23(13-6-10-19-8-4-3-5-9-19)14-7-15-24(18-23)21(25)20-11-16-27-17-12-20/h3-5,8-9,20H,2,6-7,10-18H2,1H3. The quantitative estimate of drug-likeness (QED) is 0.671. The first-order valence-corrected chi connectivity index (χ1v) is 10.7. The van der Waals surface area contributed by atoms with Crippen LogP contribution in [0.1, 0.15) is 51.0 Å². The number of aryl methyl sites for hydroxylation is 1. The Morgan fingerprint density at radius 3 is 2.68 bits per heavy atom. The van der Waals surface area contributed by atoms with Crippen molar-refractivity contribution in [3.8, 4) is 0 Å². The van der Waals surface area contributed by atoms with Crippen LogP contribution in [0.3, 0.4) is 0 Å². The molecule has 0 saturated carbocycles. The molecule has 1 atom stereocenters. The Morgan fingerprint density at radius 1 is 1.21 bits per heavy atom. The fourth-order valence-corrected chi connectivity index (χ4v) is 4.56. The van der Waals surface area contributed by atoms with E-state index in [1.54, 1.807) is 0 Å². The molecule has 1 aromatic rings. The Labute approximate surface area is 168 Å². The van der Waals surface area contributed by atoms with Gasteiger partial charge in [-0.15, -0.1) is 0 Å². The SMILES string of the molecule is CCOC(=O)C1(CCCc2ccccc2)CCCN(C(=O)C2CCOCC2)C1. The van der Waals surface area contributed by atoms with Gasteiger partial charge in [0, 0.05) is 32.2 Å². The van der Waals surface area contributed by atoms with Crippen LogP contribution in [-0.4, -0.2) is 49.7 Å². The van der Waals surface area contributed by atoms with Crippen molar-refractivity contribution in [2.75, 3.05) is 32.9 Å². The molecule has 2 saturated heterocycles. The van der Waals surface area contributed by atoms with Gasteiger partial charge in [-0.05, 0) is 57.4 Å². The summed E-state index contributed by atoms with van der Waals surface area (Å²) in [6.45, 7) is 4.79. The van der Waals surface area contributed by atoms with Crippen molar-refractivity contribution in [2.45, 2.75) is 51.9 Å². The van der Waals surface area contributed by atoms with Crippen LogP contribution in [0.4, 0.5) is 0 Å². The molecule has 1 aromatic carbocycles. The number of carbonyl (C=O) groups excluding carboxylic acids is 2. The van der Waals surface area contributed by atoms with Gasteiger partial charge >= 0.3 is 5.97 Å². The maximum Gasteiger partial charge on any atom is 0.313 e. The summed E-state index contributed by atoms with van der Waals surface area (Å²) in [4.78, 5) is 27.9. The minimum absolute atomic E-state index is 0.0380. The number of rotatable bonds is 7. The van der Waals surface area contributed by atoms with Crippen LogP contribution in [0.5, 0.6) is 0 Å². The van der Waals surface area contributed by atoms with Crippen molar-refractivity contribution in [2.24, 2.45) is 11.3 Å². The smallest absolute Gasteiger partial charge is 0.313 e. The van der Waals surface area contributed by atoms with Gasteiger partial charge in [0.2, 0.25) is 5.91 Å². The summed E-state index contributed by atoms with van der Waals surface area (Å²) in [5.74, 6) is 0.100. The molecule has 0 radical (unpaired) electrons. The molecule has 5 nitrogen and oxygen atoms in total. The molecule has 0 N–H and O–H groups in total. The van der Waals surface area contributed by atoms with Gasteiger partial charge in [0.1, 0.15) is 0 Å². The number of nitrogens with zero attached hydrogens (tertiary/aromatic N) is 1. The molecule has 1 unspecified atom stereocenters. The number of benzene rings is 1. The molecule has 154 valence electrons. The van der Waals surface area contributed by atoms with E-state index in [1.165, 1.54) is 5.56 Å². The maximum absolute atomic E-state index is 13.0. The molecule has 2 heterocycles. The lowest BCUT2D eigenvalue weighted by molar-refractivity contribution is -0.162. The van der Waals surface area contributed by atoms with E-state index < -0.39 is 5.41 Å². The number of amides is 1. The molecule has 2 fully saturated rings. The largest absolute Gasteiger partial charge is 0.466 e. The highest BCUT2D eigenvalue weighted by atomic mass is 16.5. The molecule has 28 heavy (non-hydrogen) atoms. The van der Waals surface area contributed by atoms with Gasteiger partial charge in [0.15, 0.2) is 0 Å². The summed E-state index contributed by atoms with van der Waals surface area (Å²) in [6.07, 6.45) is 5.86. The number of likely N-dealkylation sites (tertiary alicyclic amines) is 1. The second-order valence-corrected chi connectivity index (χ2v) is 8.09. The fourth-order valence-electron chi connectivity index (χ4n) is 4.56. The van der Waals surface area contributed by atoms with Crippen LogP contribution < -0.4 is 0 Å². The van der Waals surface area contributed by atoms with Crippen LogP contribution in [-0.2, 0) is 25.5 Å². The number of piperidine rings is 1. The van der Waals surface area contributed by atoms with Crippen molar-refractivity contribution in [3.63, 3.8) is 0 Å². The molecule has 2 aliphatic heterocycles. The highest BCUT2D eigenvalue weighted by Crippen LogP contribution is 2.37. The number of hydrogen-bond acceptors (Lipinski definition) is 4. The first kappa shape index (κ1) is 20.8. The van der Waals surface area contributed by atoms with E-state index >= 15 is 0 Å². The van der Waals surface area contributed by atoms with Crippen molar-refractivity contribution in [3.05, 3.63) is 35.9 Å². The molecule has 3 rings (SSSR count). The normalized spacial score (nSPS) is 23.4. The van der Waals surface area contributed by atoms with E-state index in [0.29, 0.717) is 26.4 Å². The maximum atomic E-state index is 13.0. The lowest BCUT2D eigenvalue weighted by atomic mass is 9.75. The van der Waals surface area contributed by atoms with Crippen LogP contribution in [0.25, 0.3) is 0 Å². The third kappa shape index (κ3) is 5.13. The topological polar surface area (TPSA) is 55.8 Å². The molecule has 1 amide bonds. The second kappa shape index (κ2) is 10.1. The number of carbonyl (C=O) groups is 2. The van der Waals surface area contributed by atoms with Crippen molar-refractivity contribution < 1.29 is 19.1 Å². The summed E-state index contributed by atoms with van der Waals surface area (Å²) >= 11 is 0. The zero-order chi connectivity index (χ0) is 19.8. The number of ether oxygens (including phenoxy) is 2. The van der Waals surface area contributed by atoms with Crippen LogP contribution >= 0.6 is 0 Å². The summed E-state index contributed by atoms with van der Waals surface area (Å²) in [7, 11) is 0. The summed E-state index contributed by atoms with van der Waals surface area (Å²) in [5.41, 5.74) is 0.719. The molecule has 0 aromatic heterocycles. The minimum atomic E-state index is -0.566. The molecule has 5 heteroatoms. The lowest BCUT2D eigenvalue weighted by Gasteiger charge is -2.42. The number of hydrogen-bond donors (Lipinski definition) is 0. The Balaban J connectivity index is 1.67. The Hall–Kier alpha value is -1.88. The van der Waals surface area contributed by atoms with Crippen molar-refractivity contribution >= 4 is 11.9 Å². The van der Waals surface area contributed by atoms with Crippen LogP contribution in [0.15, 0.2) is 30.3 Å². The monoisotopic (exact) mass is 387 g/mol. The van der Waals surface area contributed by atoms with Gasteiger partial charge in [-0.2, -0.15) is 0 Å². The van der Waals surface area contributed by atoms with Crippen LogP contribution in [0, 0.1) is 11.3 Å². The van der Waals surface area contributed by atoms with E-state index in [4.69, 9.17) is 9.47 Å². The summed E-state index contributed by atoms with van der Waals surface area (Å²) in [5, 5.41) is 0. The van der Waals surface area contributed by atoms with Gasteiger partial charge in [0.25, 0.3) is 0 Å². The highest BCUT2D eigenvalue weighted by molar-refractivity contribution is 5.82. The Morgan fingerprint density at radius 2 is 1.96 bits per heavy atom. The summed E-state index contributed by atoms with van der Waals surface area (Å²) in [6, 6.07) is 10.4. The molecule has 0 aliphatic carbocycles. The zero-order valence-corrected chi connectivity index (χ0v) is 17.0. The third-order valence-electron chi connectivity index (χ3n) is 6.13. The van der Waals surface area contributed by atoms with Crippen molar-refractivity contribution in [1.82, 2.24) is 4.90 Å². The third-order valence-corrected chi connectivity index (χ3v) is 6.13. The zero-order valence-electron chi connectivity index (χ0n) is 17.0. The Kier molecular flexibility index (Phi) is 7.49. The van der Waals surface area contributed by atoms with E-state index in [9.17, 15) is 9.59 Å². The minimum Gasteiger partial charge on any atom is -0.466 e. The van der Waals surface area contributed by atoms with E-state index in [-0.39, 0.29) is 17.8 Å². The fraction of sp³-hybridized carbons (Fsp3) is 0.652.